The lowest BCUT2D eigenvalue weighted by atomic mass is 10.1. The minimum atomic E-state index is 0.314. The first kappa shape index (κ1) is 13.4. The van der Waals surface area contributed by atoms with Crippen LogP contribution in [0.2, 0.25) is 0 Å². The van der Waals surface area contributed by atoms with E-state index in [1.165, 1.54) is 12.2 Å². The van der Waals surface area contributed by atoms with Crippen LogP contribution in [-0.2, 0) is 0 Å². The highest BCUT2D eigenvalue weighted by Crippen LogP contribution is 2.32. The molecule has 0 bridgehead atoms. The molecule has 0 radical (unpaired) electrons. The summed E-state index contributed by atoms with van der Waals surface area (Å²) in [4.78, 5) is 7.15. The summed E-state index contributed by atoms with van der Waals surface area (Å²) in [5.41, 5.74) is 0. The van der Waals surface area contributed by atoms with Crippen LogP contribution in [0.5, 0.6) is 0 Å². The Morgan fingerprint density at radius 2 is 2.32 bits per heavy atom. The zero-order chi connectivity index (χ0) is 13.1. The molecule has 0 saturated carbocycles. The third-order valence-corrected chi connectivity index (χ3v) is 5.18. The lowest BCUT2D eigenvalue weighted by molar-refractivity contribution is 0.160. The van der Waals surface area contributed by atoms with Crippen molar-refractivity contribution in [3.63, 3.8) is 0 Å². The number of aromatic nitrogens is 2. The molecule has 2 atom stereocenters. The second kappa shape index (κ2) is 6.24. The van der Waals surface area contributed by atoms with Crippen LogP contribution in [0.15, 0.2) is 4.52 Å². The number of nitrogens with zero attached hydrogens (tertiary/aromatic N) is 3. The molecule has 1 N–H and O–H groups in total. The average Bonchev–Trinajstić information content (AvgIpc) is 3.11. The Morgan fingerprint density at radius 3 is 3.00 bits per heavy atom. The number of hydrogen-bond acceptors (Lipinski definition) is 6. The van der Waals surface area contributed by atoms with Gasteiger partial charge in [-0.25, -0.2) is 0 Å². The van der Waals surface area contributed by atoms with Crippen molar-refractivity contribution in [3.8, 4) is 0 Å². The highest BCUT2D eigenvalue weighted by Gasteiger charge is 2.28. The van der Waals surface area contributed by atoms with Crippen LogP contribution in [0, 0.1) is 0 Å². The first-order valence-corrected chi connectivity index (χ1v) is 8.40. The van der Waals surface area contributed by atoms with E-state index >= 15 is 0 Å². The minimum Gasteiger partial charge on any atom is -0.339 e. The van der Waals surface area contributed by atoms with E-state index in [0.717, 1.165) is 50.1 Å². The van der Waals surface area contributed by atoms with E-state index in [4.69, 9.17) is 4.52 Å². The van der Waals surface area contributed by atoms with Crippen molar-refractivity contribution >= 4 is 11.8 Å². The summed E-state index contributed by atoms with van der Waals surface area (Å²) in [5.74, 6) is 4.57. The van der Waals surface area contributed by atoms with E-state index in [1.807, 2.05) is 11.8 Å². The molecule has 0 aromatic carbocycles. The summed E-state index contributed by atoms with van der Waals surface area (Å²) in [6.07, 6.45) is 2.22. The molecule has 3 heterocycles. The molecule has 106 valence electrons. The summed E-state index contributed by atoms with van der Waals surface area (Å²) in [6.45, 7) is 6.46. The molecule has 5 nitrogen and oxygen atoms in total. The first-order chi connectivity index (χ1) is 9.38. The van der Waals surface area contributed by atoms with E-state index in [9.17, 15) is 0 Å². The Hall–Kier alpha value is -0.590. The van der Waals surface area contributed by atoms with E-state index in [-0.39, 0.29) is 0 Å². The van der Waals surface area contributed by atoms with Gasteiger partial charge in [0.25, 0.3) is 0 Å². The Morgan fingerprint density at radius 1 is 1.47 bits per heavy atom. The lowest BCUT2D eigenvalue weighted by Gasteiger charge is -2.32. The molecule has 0 amide bonds. The average molecular weight is 282 g/mol. The van der Waals surface area contributed by atoms with Gasteiger partial charge in [0.05, 0.1) is 6.04 Å². The summed E-state index contributed by atoms with van der Waals surface area (Å²) in [6, 6.07) is 0.314. The zero-order valence-corrected chi connectivity index (χ0v) is 12.3. The van der Waals surface area contributed by atoms with Crippen molar-refractivity contribution < 1.29 is 4.52 Å². The molecule has 0 spiro atoms. The molecule has 0 aliphatic carbocycles. The van der Waals surface area contributed by atoms with E-state index < -0.39 is 0 Å². The second-order valence-electron chi connectivity index (χ2n) is 5.26. The largest absolute Gasteiger partial charge is 0.339 e. The van der Waals surface area contributed by atoms with Gasteiger partial charge < -0.3 is 9.84 Å². The molecular weight excluding hydrogens is 260 g/mol. The molecule has 2 saturated heterocycles. The van der Waals surface area contributed by atoms with Crippen molar-refractivity contribution in [1.29, 1.82) is 0 Å². The van der Waals surface area contributed by atoms with Crippen molar-refractivity contribution in [3.05, 3.63) is 11.7 Å². The maximum absolute atomic E-state index is 5.51. The van der Waals surface area contributed by atoms with Gasteiger partial charge in [-0.15, -0.1) is 0 Å². The Kier molecular flexibility index (Phi) is 4.40. The first-order valence-electron chi connectivity index (χ1n) is 7.24. The van der Waals surface area contributed by atoms with Crippen LogP contribution in [0.1, 0.15) is 43.4 Å². The van der Waals surface area contributed by atoms with Crippen LogP contribution in [-0.4, -0.2) is 52.7 Å². The summed E-state index contributed by atoms with van der Waals surface area (Å²) >= 11 is 1.98. The predicted octanol–water partition coefficient (Wildman–Crippen LogP) is 1.65. The summed E-state index contributed by atoms with van der Waals surface area (Å²) in [7, 11) is 0. The van der Waals surface area contributed by atoms with Gasteiger partial charge in [0.15, 0.2) is 5.82 Å². The van der Waals surface area contributed by atoms with Crippen LogP contribution in [0.4, 0.5) is 0 Å². The van der Waals surface area contributed by atoms with Crippen LogP contribution in [0.25, 0.3) is 0 Å². The Bertz CT molecular complexity index is 399. The molecule has 2 fully saturated rings. The highest BCUT2D eigenvalue weighted by molar-refractivity contribution is 7.99. The number of hydrogen-bond donors (Lipinski definition) is 1. The predicted molar refractivity (Wildman–Crippen MR) is 76.5 cm³/mol. The Labute approximate surface area is 118 Å². The van der Waals surface area contributed by atoms with Crippen LogP contribution in [0.3, 0.4) is 0 Å². The van der Waals surface area contributed by atoms with Gasteiger partial charge in [0.1, 0.15) is 0 Å². The zero-order valence-electron chi connectivity index (χ0n) is 11.5. The monoisotopic (exact) mass is 282 g/mol. The van der Waals surface area contributed by atoms with E-state index in [2.05, 4.69) is 27.3 Å². The maximum atomic E-state index is 5.51. The SMILES string of the molecule is CCC(c1noc(C2CCSC2)n1)N1CCNCC1. The molecule has 2 aliphatic rings. The normalized spacial score (nSPS) is 26.7. The van der Waals surface area contributed by atoms with Crippen LogP contribution < -0.4 is 5.32 Å². The molecule has 2 aliphatic heterocycles. The number of rotatable bonds is 4. The minimum absolute atomic E-state index is 0.314. The molecular formula is C13H22N4OS. The molecule has 6 heteroatoms. The standard InChI is InChI=1S/C13H22N4OS/c1-2-11(17-6-4-14-5-7-17)12-15-13(18-16-12)10-3-8-19-9-10/h10-11,14H,2-9H2,1H3. The number of piperazine rings is 1. The molecule has 19 heavy (non-hydrogen) atoms. The van der Waals surface area contributed by atoms with E-state index in [1.54, 1.807) is 0 Å². The van der Waals surface area contributed by atoms with Gasteiger partial charge in [-0.2, -0.15) is 16.7 Å². The summed E-state index contributed by atoms with van der Waals surface area (Å²) in [5, 5.41) is 7.64. The highest BCUT2D eigenvalue weighted by atomic mass is 32.2. The van der Waals surface area contributed by atoms with Gasteiger partial charge in [-0.3, -0.25) is 4.90 Å². The maximum Gasteiger partial charge on any atom is 0.230 e. The van der Waals surface area contributed by atoms with Crippen molar-refractivity contribution in [2.75, 3.05) is 37.7 Å². The summed E-state index contributed by atoms with van der Waals surface area (Å²) < 4.78 is 5.51. The van der Waals surface area contributed by atoms with Crippen LogP contribution >= 0.6 is 11.8 Å². The van der Waals surface area contributed by atoms with Crippen molar-refractivity contribution in [2.45, 2.75) is 31.7 Å². The third-order valence-electron chi connectivity index (χ3n) is 4.01. The smallest absolute Gasteiger partial charge is 0.230 e. The number of nitrogens with one attached hydrogen (secondary N) is 1. The Balaban J connectivity index is 1.71. The van der Waals surface area contributed by atoms with Gasteiger partial charge in [-0.05, 0) is 18.6 Å². The lowest BCUT2D eigenvalue weighted by Crippen LogP contribution is -2.45. The second-order valence-corrected chi connectivity index (χ2v) is 6.41. The van der Waals surface area contributed by atoms with Crippen molar-refractivity contribution in [1.82, 2.24) is 20.4 Å². The fourth-order valence-electron chi connectivity index (χ4n) is 2.88. The van der Waals surface area contributed by atoms with Gasteiger partial charge in [-0.1, -0.05) is 12.1 Å². The quantitative estimate of drug-likeness (QED) is 0.906. The number of thioether (sulfide) groups is 1. The van der Waals surface area contributed by atoms with E-state index in [0.29, 0.717) is 12.0 Å². The fourth-order valence-corrected chi connectivity index (χ4v) is 4.09. The third kappa shape index (κ3) is 2.95. The topological polar surface area (TPSA) is 54.2 Å². The molecule has 1 aromatic heterocycles. The van der Waals surface area contributed by atoms with Gasteiger partial charge in [0, 0.05) is 37.8 Å². The fraction of sp³-hybridized carbons (Fsp3) is 0.846. The molecule has 1 aromatic rings. The molecule has 2 unspecified atom stereocenters. The van der Waals surface area contributed by atoms with Gasteiger partial charge >= 0.3 is 0 Å². The van der Waals surface area contributed by atoms with Gasteiger partial charge in [0.2, 0.25) is 5.89 Å². The molecule has 3 rings (SSSR count). The van der Waals surface area contributed by atoms with Crippen molar-refractivity contribution in [2.24, 2.45) is 0 Å².